The van der Waals surface area contributed by atoms with E-state index in [0.29, 0.717) is 0 Å². The predicted octanol–water partition coefficient (Wildman–Crippen LogP) is 1.26. The van der Waals surface area contributed by atoms with Crippen molar-refractivity contribution in [2.75, 3.05) is 19.8 Å². The number of aliphatic hydroxyl groups excluding tert-OH is 1. The van der Waals surface area contributed by atoms with Gasteiger partial charge in [-0.2, -0.15) is 8.42 Å². The first kappa shape index (κ1) is 40.7. The van der Waals surface area contributed by atoms with Crippen molar-refractivity contribution in [3.8, 4) is 0 Å². The third kappa shape index (κ3) is 22.7. The minimum atomic E-state index is -4.76. The monoisotopic (exact) mass is 540 g/mol. The summed E-state index contributed by atoms with van der Waals surface area (Å²) < 4.78 is 42.8. The van der Waals surface area contributed by atoms with Crippen molar-refractivity contribution in [3.63, 3.8) is 0 Å². The Bertz CT molecular complexity index is 581. The second-order valence-corrected chi connectivity index (χ2v) is 9.27. The van der Waals surface area contributed by atoms with Gasteiger partial charge >= 0.3 is 41.5 Å². The molecule has 0 amide bonds. The molecule has 0 bridgehead atoms. The molecule has 0 aliphatic carbocycles. The van der Waals surface area contributed by atoms with E-state index < -0.39 is 33.7 Å². The van der Waals surface area contributed by atoms with Gasteiger partial charge in [-0.3, -0.25) is 14.1 Å². The van der Waals surface area contributed by atoms with Crippen molar-refractivity contribution in [3.05, 3.63) is 0 Å². The molecule has 0 rings (SSSR count). The number of rotatable bonds is 16. The van der Waals surface area contributed by atoms with Gasteiger partial charge < -0.3 is 16.0 Å². The number of carbonyl (C=O) groups excluding carboxylic acids is 2. The van der Waals surface area contributed by atoms with Gasteiger partial charge in [0.25, 0.3) is 10.1 Å². The van der Waals surface area contributed by atoms with Crippen LogP contribution in [0.25, 0.3) is 0 Å². The molecule has 0 saturated carbocycles. The first-order valence-corrected chi connectivity index (χ1v) is 13.0. The quantitative estimate of drug-likeness (QED) is 0.170. The number of carbonyl (C=O) groups is 2. The average molecular weight is 541 g/mol. The first-order chi connectivity index (χ1) is 14.6. The predicted molar refractivity (Wildman–Crippen MR) is 122 cm³/mol. The van der Waals surface area contributed by atoms with Gasteiger partial charge in [0.1, 0.15) is 0 Å². The summed E-state index contributed by atoms with van der Waals surface area (Å²) in [6.07, 6.45) is 6.74. The third-order valence-corrected chi connectivity index (χ3v) is 6.08. The van der Waals surface area contributed by atoms with Crippen LogP contribution in [0.5, 0.6) is 0 Å². The number of aliphatic hydroxyl groups is 1. The molecule has 8 nitrogen and oxygen atoms in total. The molecular formula is C22H45NaO8STi. The molecule has 0 radical (unpaired) electrons. The Kier molecular flexibility index (Phi) is 31.6. The fourth-order valence-electron chi connectivity index (χ4n) is 2.82. The van der Waals surface area contributed by atoms with Crippen molar-refractivity contribution in [2.24, 2.45) is 11.8 Å². The summed E-state index contributed by atoms with van der Waals surface area (Å²) in [4.78, 5) is 24.2. The molecule has 0 aromatic rings. The number of hydrogen-bond acceptors (Lipinski definition) is 7. The van der Waals surface area contributed by atoms with Crippen molar-refractivity contribution < 1.29 is 89.8 Å². The fourth-order valence-corrected chi connectivity index (χ4v) is 3.48. The molecule has 0 heterocycles. The Morgan fingerprint density at radius 1 is 0.879 bits per heavy atom. The van der Waals surface area contributed by atoms with Crippen LogP contribution in [0.4, 0.5) is 0 Å². The van der Waals surface area contributed by atoms with Gasteiger partial charge in [0.15, 0.2) is 5.25 Å². The summed E-state index contributed by atoms with van der Waals surface area (Å²) >= 11 is 0. The van der Waals surface area contributed by atoms with Crippen molar-refractivity contribution in [1.29, 1.82) is 0 Å². The Morgan fingerprint density at radius 3 is 1.61 bits per heavy atom. The molecule has 0 aliphatic rings. The summed E-state index contributed by atoms with van der Waals surface area (Å²) in [5, 5.41) is 5.62. The molecule has 2 N–H and O–H groups in total. The van der Waals surface area contributed by atoms with Gasteiger partial charge in [0.2, 0.25) is 0 Å². The number of unbranched alkanes of at least 4 members (excludes halogenated alkanes) is 2. The van der Waals surface area contributed by atoms with E-state index in [-0.39, 0.29) is 84.4 Å². The molecule has 192 valence electrons. The maximum absolute atomic E-state index is 12.2. The summed E-state index contributed by atoms with van der Waals surface area (Å²) in [5.41, 5.74) is 0. The van der Waals surface area contributed by atoms with Gasteiger partial charge in [0.05, 0.1) is 19.6 Å². The number of ether oxygens (including phenoxy) is 2. The van der Waals surface area contributed by atoms with Crippen LogP contribution in [0.15, 0.2) is 0 Å². The fraction of sp³-hybridized carbons (Fsp3) is 0.909. The Morgan fingerprint density at radius 2 is 1.27 bits per heavy atom. The van der Waals surface area contributed by atoms with Gasteiger partial charge in [-0.1, -0.05) is 66.2 Å². The van der Waals surface area contributed by atoms with E-state index in [1.165, 1.54) is 0 Å². The normalized spacial score (nSPS) is 13.2. The van der Waals surface area contributed by atoms with Crippen LogP contribution in [0.2, 0.25) is 0 Å². The Hall–Kier alpha value is 0.524. The van der Waals surface area contributed by atoms with Crippen LogP contribution in [0.3, 0.4) is 0 Å². The van der Waals surface area contributed by atoms with Crippen molar-refractivity contribution in [1.82, 2.24) is 0 Å². The molecule has 0 spiro atoms. The first-order valence-electron chi connectivity index (χ1n) is 11.5. The molecule has 0 aromatic heterocycles. The molecule has 3 unspecified atom stereocenters. The average Bonchev–Trinajstić information content (AvgIpc) is 2.71. The van der Waals surface area contributed by atoms with Gasteiger partial charge in [-0.05, 0) is 31.6 Å². The SMILES string of the molecule is CCCCC(CC)COC(=O)CC(C(=O)OCC(CC)CCCC)S(=O)(=O)O.CCO.[H-].[Na+].[Ti]. The van der Waals surface area contributed by atoms with Crippen LogP contribution < -0.4 is 29.6 Å². The van der Waals surface area contributed by atoms with E-state index in [1.54, 1.807) is 6.92 Å². The molecule has 33 heavy (non-hydrogen) atoms. The van der Waals surface area contributed by atoms with E-state index in [1.807, 2.05) is 13.8 Å². The minimum absolute atomic E-state index is 0. The molecule has 0 aliphatic heterocycles. The Balaban J connectivity index is -0.000000441. The molecule has 0 fully saturated rings. The van der Waals surface area contributed by atoms with Gasteiger partial charge in [-0.15, -0.1) is 0 Å². The molecule has 0 saturated heterocycles. The standard InChI is InChI=1S/C20H38O7S.C2H6O.Na.Ti.H/c1-5-9-11-16(7-3)14-26-19(21)13-18(28(23,24)25)20(22)27-15-17(8-4)12-10-6-2;1-2-3;;;/h16-18H,5-15H2,1-4H3,(H,23,24,25);3H,2H2,1H3;;;/q;;+1;;-1. The Labute approximate surface area is 239 Å². The minimum Gasteiger partial charge on any atom is -1.00 e. The zero-order chi connectivity index (χ0) is 24.3. The van der Waals surface area contributed by atoms with E-state index in [0.717, 1.165) is 51.4 Å². The molecule has 11 heteroatoms. The van der Waals surface area contributed by atoms with Crippen LogP contribution in [0, 0.1) is 11.8 Å². The van der Waals surface area contributed by atoms with Gasteiger partial charge in [0, 0.05) is 28.3 Å². The van der Waals surface area contributed by atoms with Crippen molar-refractivity contribution >= 4 is 22.1 Å². The van der Waals surface area contributed by atoms with Crippen molar-refractivity contribution in [2.45, 2.75) is 97.7 Å². The second kappa shape index (κ2) is 25.6. The van der Waals surface area contributed by atoms with Gasteiger partial charge in [-0.25, -0.2) is 0 Å². The van der Waals surface area contributed by atoms with E-state index in [2.05, 4.69) is 13.8 Å². The second-order valence-electron chi connectivity index (χ2n) is 7.67. The topological polar surface area (TPSA) is 127 Å². The maximum Gasteiger partial charge on any atom is 1.00 e. The molecule has 0 aromatic carbocycles. The summed E-state index contributed by atoms with van der Waals surface area (Å²) in [6.45, 7) is 10.3. The van der Waals surface area contributed by atoms with Crippen LogP contribution in [0.1, 0.15) is 93.8 Å². The van der Waals surface area contributed by atoms with E-state index in [4.69, 9.17) is 14.6 Å². The number of hydrogen-bond donors (Lipinski definition) is 2. The number of esters is 2. The summed E-state index contributed by atoms with van der Waals surface area (Å²) in [5.74, 6) is -1.61. The zero-order valence-corrected chi connectivity index (χ0v) is 25.8. The smallest absolute Gasteiger partial charge is 1.00 e. The summed E-state index contributed by atoms with van der Waals surface area (Å²) in [6, 6.07) is 0. The van der Waals surface area contributed by atoms with Crippen LogP contribution >= 0.6 is 0 Å². The molecular weight excluding hydrogens is 495 g/mol. The largest absolute Gasteiger partial charge is 1.00 e. The maximum atomic E-state index is 12.2. The van der Waals surface area contributed by atoms with E-state index >= 15 is 0 Å². The summed E-state index contributed by atoms with van der Waals surface area (Å²) in [7, 11) is -4.76. The molecule has 3 atom stereocenters. The van der Waals surface area contributed by atoms with Crippen LogP contribution in [-0.2, 0) is 50.9 Å². The third-order valence-electron chi connectivity index (χ3n) is 5.00. The zero-order valence-electron chi connectivity index (χ0n) is 22.5. The van der Waals surface area contributed by atoms with E-state index in [9.17, 15) is 22.6 Å². The van der Waals surface area contributed by atoms with Crippen LogP contribution in [-0.4, -0.2) is 55.1 Å².